The summed E-state index contributed by atoms with van der Waals surface area (Å²) in [5, 5.41) is 0. The van der Waals surface area contributed by atoms with E-state index in [9.17, 15) is 23.6 Å². The van der Waals surface area contributed by atoms with Crippen molar-refractivity contribution in [3.63, 3.8) is 0 Å². The maximum absolute atomic E-state index is 14.9. The normalized spacial score (nSPS) is 31.4. The molecule has 362 valence electrons. The van der Waals surface area contributed by atoms with Gasteiger partial charge >= 0.3 is 23.9 Å². The third-order valence-electron chi connectivity index (χ3n) is 16.0. The first-order valence-electron chi connectivity index (χ1n) is 27.2. The highest BCUT2D eigenvalue weighted by atomic mass is 19.1. The Kier molecular flexibility index (Phi) is 24.2. The van der Waals surface area contributed by atoms with E-state index in [1.54, 1.807) is 0 Å². The summed E-state index contributed by atoms with van der Waals surface area (Å²) in [5.41, 5.74) is 0. The van der Waals surface area contributed by atoms with Crippen molar-refractivity contribution < 1.29 is 42.5 Å². The van der Waals surface area contributed by atoms with Crippen LogP contribution in [0.1, 0.15) is 251 Å². The van der Waals surface area contributed by atoms with E-state index in [1.807, 2.05) is 0 Å². The topological polar surface area (TPSA) is 105 Å². The van der Waals surface area contributed by atoms with E-state index in [1.165, 1.54) is 116 Å². The fraction of sp³-hybridized carbons (Fsp3) is 0.926. The first-order chi connectivity index (χ1) is 30.7. The molecule has 9 heteroatoms. The van der Waals surface area contributed by atoms with E-state index in [2.05, 4.69) is 13.8 Å². The van der Waals surface area contributed by atoms with Crippen molar-refractivity contribution in [3.05, 3.63) is 0 Å². The molecule has 0 bridgehead atoms. The molecule has 5 aliphatic carbocycles. The van der Waals surface area contributed by atoms with Gasteiger partial charge in [0.15, 0.2) is 0 Å². The molecule has 63 heavy (non-hydrogen) atoms. The Morgan fingerprint density at radius 2 is 0.619 bits per heavy atom. The second-order valence-electron chi connectivity index (χ2n) is 21.2. The van der Waals surface area contributed by atoms with Crippen molar-refractivity contribution in [2.75, 3.05) is 0 Å². The summed E-state index contributed by atoms with van der Waals surface area (Å²) >= 11 is 0. The molecule has 0 N–H and O–H groups in total. The van der Waals surface area contributed by atoms with Crippen molar-refractivity contribution in [3.8, 4) is 0 Å². The molecule has 2 unspecified atom stereocenters. The largest absolute Gasteiger partial charge is 0.462 e. The standard InChI is InChI=1S/C54H91FO8/c1-3-5-7-9-11-13-15-17-19-40-21-25-42(26-22-40)51(56)60-47-33-29-44(30-34-47)53(58)62-49-37-46(55)38-50(39-49)63-54(59)45-31-35-48(36-32-45)61-52(57)43-27-23-41(24-28-43)20-18-16-14-12-10-8-6-4-2/h40-50H,3-39H2,1-2H3. The number of carbonyl (C=O) groups is 4. The van der Waals surface area contributed by atoms with Gasteiger partial charge in [0, 0.05) is 19.3 Å². The van der Waals surface area contributed by atoms with Gasteiger partial charge < -0.3 is 18.9 Å². The third-order valence-corrected chi connectivity index (χ3v) is 16.0. The predicted molar refractivity (Wildman–Crippen MR) is 248 cm³/mol. The van der Waals surface area contributed by atoms with Gasteiger partial charge in [-0.3, -0.25) is 19.2 Å². The molecule has 0 amide bonds. The maximum Gasteiger partial charge on any atom is 0.309 e. The number of alkyl halides is 1. The van der Waals surface area contributed by atoms with Crippen LogP contribution in [0, 0.1) is 35.5 Å². The van der Waals surface area contributed by atoms with Gasteiger partial charge in [-0.05, 0) is 115 Å². The Morgan fingerprint density at radius 3 is 0.937 bits per heavy atom. The fourth-order valence-electron chi connectivity index (χ4n) is 11.7. The minimum absolute atomic E-state index is 0.00196. The molecular formula is C54H91FO8. The van der Waals surface area contributed by atoms with Crippen molar-refractivity contribution in [1.29, 1.82) is 0 Å². The molecule has 0 aliphatic heterocycles. The lowest BCUT2D eigenvalue weighted by atomic mass is 9.79. The first kappa shape index (κ1) is 51.8. The van der Waals surface area contributed by atoms with Gasteiger partial charge in [-0.2, -0.15) is 0 Å². The van der Waals surface area contributed by atoms with Gasteiger partial charge in [0.05, 0.1) is 23.7 Å². The molecule has 5 fully saturated rings. The molecule has 8 nitrogen and oxygen atoms in total. The second-order valence-corrected chi connectivity index (χ2v) is 21.2. The van der Waals surface area contributed by atoms with Crippen molar-refractivity contribution >= 4 is 23.9 Å². The maximum atomic E-state index is 14.9. The molecule has 5 aliphatic rings. The van der Waals surface area contributed by atoms with Gasteiger partial charge in [0.1, 0.15) is 30.6 Å². The number of unbranched alkanes of at least 4 members (excludes halogenated alkanes) is 14. The number of ether oxygens (including phenoxy) is 4. The van der Waals surface area contributed by atoms with Crippen molar-refractivity contribution in [2.45, 2.75) is 282 Å². The van der Waals surface area contributed by atoms with Crippen LogP contribution in [0.15, 0.2) is 0 Å². The lowest BCUT2D eigenvalue weighted by Gasteiger charge is -2.34. The second kappa shape index (κ2) is 29.4. The Balaban J connectivity index is 0.892. The average molecular weight is 887 g/mol. The molecule has 0 aromatic rings. The monoisotopic (exact) mass is 887 g/mol. The smallest absolute Gasteiger partial charge is 0.309 e. The Labute approximate surface area is 382 Å². The Bertz CT molecular complexity index is 1190. The zero-order chi connectivity index (χ0) is 44.7. The third kappa shape index (κ3) is 19.3. The molecule has 5 saturated carbocycles. The summed E-state index contributed by atoms with van der Waals surface area (Å²) in [4.78, 5) is 52.6. The van der Waals surface area contributed by atoms with Gasteiger partial charge in [-0.1, -0.05) is 129 Å². The number of hydrogen-bond acceptors (Lipinski definition) is 8. The molecule has 0 spiro atoms. The lowest BCUT2D eigenvalue weighted by Crippen LogP contribution is -2.39. The predicted octanol–water partition coefficient (Wildman–Crippen LogP) is 14.2. The highest BCUT2D eigenvalue weighted by Crippen LogP contribution is 2.37. The quantitative estimate of drug-likeness (QED) is 0.0480. The van der Waals surface area contributed by atoms with E-state index in [4.69, 9.17) is 18.9 Å². The van der Waals surface area contributed by atoms with Crippen LogP contribution in [-0.2, 0) is 38.1 Å². The molecule has 0 aromatic heterocycles. The van der Waals surface area contributed by atoms with E-state index >= 15 is 0 Å². The first-order valence-corrected chi connectivity index (χ1v) is 27.2. The molecule has 5 rings (SSSR count). The summed E-state index contributed by atoms with van der Waals surface area (Å²) < 4.78 is 38.6. The van der Waals surface area contributed by atoms with Crippen LogP contribution in [0.2, 0.25) is 0 Å². The SMILES string of the molecule is CCCCCCCCCCC1CCC(C(=O)OC2CCC(C(=O)OC3CC(F)CC(OC(=O)C4CCC(OC(=O)C5CCC(CCCCCCCCCC)CC5)CC4)C3)CC2)CC1. The highest BCUT2D eigenvalue weighted by molar-refractivity contribution is 5.74. The molecule has 0 saturated heterocycles. The van der Waals surface area contributed by atoms with E-state index < -0.39 is 18.4 Å². The van der Waals surface area contributed by atoms with Gasteiger partial charge in [-0.15, -0.1) is 0 Å². The minimum atomic E-state index is -1.21. The zero-order valence-electron chi connectivity index (χ0n) is 40.2. The van der Waals surface area contributed by atoms with Crippen LogP contribution in [0.3, 0.4) is 0 Å². The van der Waals surface area contributed by atoms with Crippen molar-refractivity contribution in [1.82, 2.24) is 0 Å². The Morgan fingerprint density at radius 1 is 0.349 bits per heavy atom. The number of carbonyl (C=O) groups excluding carboxylic acids is 4. The summed E-state index contributed by atoms with van der Waals surface area (Å²) in [6.07, 6.45) is 35.0. The average Bonchev–Trinajstić information content (AvgIpc) is 3.28. The van der Waals surface area contributed by atoms with E-state index in [0.29, 0.717) is 57.8 Å². The van der Waals surface area contributed by atoms with Crippen LogP contribution in [0.25, 0.3) is 0 Å². The van der Waals surface area contributed by atoms with Crippen LogP contribution in [0.5, 0.6) is 0 Å². The molecule has 0 heterocycles. The van der Waals surface area contributed by atoms with E-state index in [-0.39, 0.29) is 72.6 Å². The minimum Gasteiger partial charge on any atom is -0.462 e. The molecule has 0 aromatic carbocycles. The molecule has 0 radical (unpaired) electrons. The summed E-state index contributed by atoms with van der Waals surface area (Å²) in [5.74, 6) is 0.124. The Hall–Kier alpha value is -2.19. The zero-order valence-corrected chi connectivity index (χ0v) is 40.2. The van der Waals surface area contributed by atoms with Gasteiger partial charge in [0.2, 0.25) is 0 Å². The summed E-state index contributed by atoms with van der Waals surface area (Å²) in [6, 6.07) is 0. The van der Waals surface area contributed by atoms with Crippen LogP contribution >= 0.6 is 0 Å². The fourth-order valence-corrected chi connectivity index (χ4v) is 11.7. The highest BCUT2D eigenvalue weighted by Gasteiger charge is 2.39. The van der Waals surface area contributed by atoms with Gasteiger partial charge in [-0.25, -0.2) is 4.39 Å². The number of halogens is 1. The molecule has 2 atom stereocenters. The number of esters is 4. The molecular weight excluding hydrogens is 796 g/mol. The number of hydrogen-bond donors (Lipinski definition) is 0. The van der Waals surface area contributed by atoms with Crippen LogP contribution < -0.4 is 0 Å². The lowest BCUT2D eigenvalue weighted by molar-refractivity contribution is -0.168. The van der Waals surface area contributed by atoms with Crippen LogP contribution in [0.4, 0.5) is 4.39 Å². The summed E-state index contributed by atoms with van der Waals surface area (Å²) in [7, 11) is 0. The summed E-state index contributed by atoms with van der Waals surface area (Å²) in [6.45, 7) is 4.52. The van der Waals surface area contributed by atoms with Crippen molar-refractivity contribution in [2.24, 2.45) is 35.5 Å². The number of rotatable bonds is 26. The van der Waals surface area contributed by atoms with Crippen LogP contribution in [-0.4, -0.2) is 54.5 Å². The van der Waals surface area contributed by atoms with Gasteiger partial charge in [0.25, 0.3) is 0 Å². The van der Waals surface area contributed by atoms with E-state index in [0.717, 1.165) is 63.2 Å².